The zero-order chi connectivity index (χ0) is 22.5. The minimum atomic E-state index is -0.667. The van der Waals surface area contributed by atoms with Crippen LogP contribution in [0, 0.1) is 10.1 Å². The molecule has 1 aliphatic heterocycles. The molecule has 31 heavy (non-hydrogen) atoms. The standard InChI is InChI=1S/C19H15Cl2N5O4S/c1-10(11-2-5-13(6-3-11)26(29)30)24-25-19-23-18(28)16(31-19)9-17(27)22-15-7-4-12(20)8-14(15)21/h2-8,16H,9H2,1H3,(H,22,27)(H,23,25,28). The summed E-state index contributed by atoms with van der Waals surface area (Å²) in [5.41, 5.74) is 1.54. The van der Waals surface area contributed by atoms with E-state index in [1.54, 1.807) is 31.2 Å². The van der Waals surface area contributed by atoms with Gasteiger partial charge in [-0.2, -0.15) is 5.10 Å². The van der Waals surface area contributed by atoms with Crippen molar-refractivity contribution < 1.29 is 14.5 Å². The smallest absolute Gasteiger partial charge is 0.269 e. The van der Waals surface area contributed by atoms with Crippen molar-refractivity contribution in [1.29, 1.82) is 0 Å². The lowest BCUT2D eigenvalue weighted by atomic mass is 10.1. The second-order valence-electron chi connectivity index (χ2n) is 6.37. The average Bonchev–Trinajstić information content (AvgIpc) is 3.07. The Bertz CT molecular complexity index is 1100. The van der Waals surface area contributed by atoms with Crippen molar-refractivity contribution in [3.05, 3.63) is 68.2 Å². The molecule has 1 heterocycles. The van der Waals surface area contributed by atoms with Gasteiger partial charge in [0.1, 0.15) is 5.25 Å². The third-order valence-corrected chi connectivity index (χ3v) is 5.76. The van der Waals surface area contributed by atoms with Crippen LogP contribution in [0.5, 0.6) is 0 Å². The number of amidine groups is 1. The van der Waals surface area contributed by atoms with Gasteiger partial charge in [0.05, 0.1) is 21.3 Å². The van der Waals surface area contributed by atoms with Crippen LogP contribution in [-0.4, -0.2) is 32.9 Å². The third kappa shape index (κ3) is 6.03. The van der Waals surface area contributed by atoms with Crippen LogP contribution in [0.3, 0.4) is 0 Å². The van der Waals surface area contributed by atoms with E-state index in [0.717, 1.165) is 11.8 Å². The molecule has 1 fully saturated rings. The monoisotopic (exact) mass is 479 g/mol. The highest BCUT2D eigenvalue weighted by atomic mass is 35.5. The van der Waals surface area contributed by atoms with Gasteiger partial charge in [-0.3, -0.25) is 19.7 Å². The minimum absolute atomic E-state index is 0.0255. The molecule has 0 aromatic heterocycles. The highest BCUT2D eigenvalue weighted by Crippen LogP contribution is 2.27. The maximum Gasteiger partial charge on any atom is 0.269 e. The highest BCUT2D eigenvalue weighted by molar-refractivity contribution is 8.15. The number of thioether (sulfide) groups is 1. The maximum atomic E-state index is 12.3. The van der Waals surface area contributed by atoms with Gasteiger partial charge in [-0.05, 0) is 42.8 Å². The van der Waals surface area contributed by atoms with Gasteiger partial charge < -0.3 is 10.6 Å². The number of halogens is 2. The summed E-state index contributed by atoms with van der Waals surface area (Å²) in [5, 5.41) is 24.3. The van der Waals surface area contributed by atoms with E-state index in [4.69, 9.17) is 23.2 Å². The van der Waals surface area contributed by atoms with Crippen LogP contribution in [-0.2, 0) is 9.59 Å². The molecule has 2 aromatic carbocycles. The normalized spacial score (nSPS) is 17.5. The van der Waals surface area contributed by atoms with Crippen molar-refractivity contribution >= 4 is 69.0 Å². The van der Waals surface area contributed by atoms with Crippen LogP contribution in [0.15, 0.2) is 52.7 Å². The molecule has 9 nitrogen and oxygen atoms in total. The maximum absolute atomic E-state index is 12.3. The first-order chi connectivity index (χ1) is 14.7. The number of anilines is 1. The Morgan fingerprint density at radius 3 is 2.61 bits per heavy atom. The first kappa shape index (κ1) is 22.7. The zero-order valence-electron chi connectivity index (χ0n) is 16.0. The van der Waals surface area contributed by atoms with Crippen LogP contribution < -0.4 is 10.6 Å². The molecule has 1 atom stereocenters. The number of nitro benzene ring substituents is 1. The number of rotatable bonds is 6. The number of hydrogen-bond donors (Lipinski definition) is 2. The Morgan fingerprint density at radius 2 is 1.97 bits per heavy atom. The lowest BCUT2D eigenvalue weighted by Gasteiger charge is -2.09. The number of carbonyl (C=O) groups excluding carboxylic acids is 2. The summed E-state index contributed by atoms with van der Waals surface area (Å²) >= 11 is 13.0. The third-order valence-electron chi connectivity index (χ3n) is 4.14. The number of non-ortho nitro benzene ring substituents is 1. The highest BCUT2D eigenvalue weighted by Gasteiger charge is 2.32. The number of amides is 2. The van der Waals surface area contributed by atoms with Crippen molar-refractivity contribution in [2.45, 2.75) is 18.6 Å². The largest absolute Gasteiger partial charge is 0.325 e. The second-order valence-corrected chi connectivity index (χ2v) is 8.40. The number of nitrogens with zero attached hydrogens (tertiary/aromatic N) is 3. The van der Waals surface area contributed by atoms with Crippen molar-refractivity contribution in [2.75, 3.05) is 5.32 Å². The summed E-state index contributed by atoms with van der Waals surface area (Å²) in [6, 6.07) is 10.5. The number of benzene rings is 2. The fourth-order valence-electron chi connectivity index (χ4n) is 2.55. The van der Waals surface area contributed by atoms with Crippen molar-refractivity contribution in [3.63, 3.8) is 0 Å². The van der Waals surface area contributed by atoms with E-state index in [0.29, 0.717) is 27.0 Å². The van der Waals surface area contributed by atoms with Gasteiger partial charge in [-0.25, -0.2) is 0 Å². The minimum Gasteiger partial charge on any atom is -0.325 e. The average molecular weight is 480 g/mol. The summed E-state index contributed by atoms with van der Waals surface area (Å²) < 4.78 is 0. The number of hydrogen-bond acceptors (Lipinski definition) is 7. The van der Waals surface area contributed by atoms with Gasteiger partial charge >= 0.3 is 0 Å². The van der Waals surface area contributed by atoms with Crippen LogP contribution in [0.1, 0.15) is 18.9 Å². The van der Waals surface area contributed by atoms with Crippen LogP contribution in [0.25, 0.3) is 0 Å². The molecule has 0 saturated carbocycles. The lowest BCUT2D eigenvalue weighted by Crippen LogP contribution is -2.28. The summed E-state index contributed by atoms with van der Waals surface area (Å²) in [6.07, 6.45) is -0.0838. The van der Waals surface area contributed by atoms with Crippen molar-refractivity contribution in [1.82, 2.24) is 5.32 Å². The molecule has 0 spiro atoms. The first-order valence-electron chi connectivity index (χ1n) is 8.82. The number of nitrogens with one attached hydrogen (secondary N) is 2. The van der Waals surface area contributed by atoms with Gasteiger partial charge in [-0.15, -0.1) is 5.10 Å². The molecule has 1 aliphatic rings. The van der Waals surface area contributed by atoms with E-state index < -0.39 is 10.2 Å². The van der Waals surface area contributed by atoms with E-state index in [-0.39, 0.29) is 29.1 Å². The zero-order valence-corrected chi connectivity index (χ0v) is 18.3. The number of carbonyl (C=O) groups is 2. The molecule has 12 heteroatoms. The Kier molecular flexibility index (Phi) is 7.26. The van der Waals surface area contributed by atoms with Crippen LogP contribution in [0.4, 0.5) is 11.4 Å². The molecule has 0 aliphatic carbocycles. The molecule has 160 valence electrons. The van der Waals surface area contributed by atoms with E-state index in [1.165, 1.54) is 18.2 Å². The molecule has 2 amide bonds. The molecule has 3 rings (SSSR count). The summed E-state index contributed by atoms with van der Waals surface area (Å²) in [7, 11) is 0. The van der Waals surface area contributed by atoms with E-state index in [1.807, 2.05) is 0 Å². The quantitative estimate of drug-likeness (QED) is 0.363. The topological polar surface area (TPSA) is 126 Å². The molecule has 0 radical (unpaired) electrons. The summed E-state index contributed by atoms with van der Waals surface area (Å²) in [6.45, 7) is 1.69. The second kappa shape index (κ2) is 9.90. The predicted octanol–water partition coefficient (Wildman–Crippen LogP) is 4.24. The molecular weight excluding hydrogens is 465 g/mol. The molecule has 2 N–H and O–H groups in total. The summed E-state index contributed by atoms with van der Waals surface area (Å²) in [4.78, 5) is 34.7. The van der Waals surface area contributed by atoms with Crippen LogP contribution >= 0.6 is 35.0 Å². The van der Waals surface area contributed by atoms with E-state index >= 15 is 0 Å². The Hall–Kier alpha value is -2.95. The Labute approximate surface area is 191 Å². The summed E-state index contributed by atoms with van der Waals surface area (Å²) in [5.74, 6) is -0.743. The fraction of sp³-hybridized carbons (Fsp3) is 0.158. The molecular formula is C19H15Cl2N5O4S. The van der Waals surface area contributed by atoms with Crippen LogP contribution in [0.2, 0.25) is 10.0 Å². The van der Waals surface area contributed by atoms with Crippen molar-refractivity contribution in [3.8, 4) is 0 Å². The van der Waals surface area contributed by atoms with E-state index in [9.17, 15) is 19.7 Å². The Morgan fingerprint density at radius 1 is 1.26 bits per heavy atom. The van der Waals surface area contributed by atoms with E-state index in [2.05, 4.69) is 20.8 Å². The van der Waals surface area contributed by atoms with Gasteiger partial charge in [0.15, 0.2) is 5.17 Å². The molecule has 1 unspecified atom stereocenters. The first-order valence-corrected chi connectivity index (χ1v) is 10.5. The molecule has 1 saturated heterocycles. The molecule has 2 aromatic rings. The van der Waals surface area contributed by atoms with Gasteiger partial charge in [0.25, 0.3) is 5.69 Å². The van der Waals surface area contributed by atoms with Crippen molar-refractivity contribution in [2.24, 2.45) is 10.2 Å². The predicted molar refractivity (Wildman–Crippen MR) is 122 cm³/mol. The SMILES string of the molecule is CC(=N/N=C1/NC(=O)C(CC(=O)Nc2ccc(Cl)cc2Cl)S1)c1ccc([N+](=O)[O-])cc1. The fourth-order valence-corrected chi connectivity index (χ4v) is 3.92. The van der Waals surface area contributed by atoms with Gasteiger partial charge in [0, 0.05) is 23.6 Å². The van der Waals surface area contributed by atoms with Gasteiger partial charge in [0.2, 0.25) is 11.8 Å². The number of nitro groups is 1. The van der Waals surface area contributed by atoms with Gasteiger partial charge in [-0.1, -0.05) is 35.0 Å². The molecule has 0 bridgehead atoms. The lowest BCUT2D eigenvalue weighted by molar-refractivity contribution is -0.384. The Balaban J connectivity index is 1.61.